The minimum atomic E-state index is -0.610. The summed E-state index contributed by atoms with van der Waals surface area (Å²) in [7, 11) is 1.68. The SMILES string of the molecule is CN1C=CN(C(=O)OCc2ccccc2)[C@@H](Cc2ccccc2)C1=O. The average Bonchev–Trinajstić information content (AvgIpc) is 2.65. The van der Waals surface area contributed by atoms with E-state index in [0.29, 0.717) is 6.42 Å². The molecular weight excluding hydrogens is 316 g/mol. The summed E-state index contributed by atoms with van der Waals surface area (Å²) in [6.45, 7) is 0.173. The van der Waals surface area contributed by atoms with Crippen LogP contribution in [0.2, 0.25) is 0 Å². The molecule has 5 nitrogen and oxygen atoms in total. The third-order valence-electron chi connectivity index (χ3n) is 4.11. The number of likely N-dealkylation sites (N-methyl/N-ethyl adjacent to an activating group) is 1. The Hall–Kier alpha value is -3.08. The summed E-state index contributed by atoms with van der Waals surface area (Å²) in [6.07, 6.45) is 3.09. The molecule has 5 heteroatoms. The highest BCUT2D eigenvalue weighted by Crippen LogP contribution is 2.18. The van der Waals surface area contributed by atoms with E-state index < -0.39 is 12.1 Å². The van der Waals surface area contributed by atoms with Crippen LogP contribution in [0.1, 0.15) is 11.1 Å². The lowest BCUT2D eigenvalue weighted by Crippen LogP contribution is -2.50. The number of hydrogen-bond acceptors (Lipinski definition) is 3. The van der Waals surface area contributed by atoms with Crippen molar-refractivity contribution in [3.05, 3.63) is 84.2 Å². The van der Waals surface area contributed by atoms with Crippen LogP contribution in [0.4, 0.5) is 4.79 Å². The summed E-state index contributed by atoms with van der Waals surface area (Å²) in [5, 5.41) is 0. The van der Waals surface area contributed by atoms with E-state index in [0.717, 1.165) is 11.1 Å². The fourth-order valence-electron chi connectivity index (χ4n) is 2.71. The Morgan fingerprint density at radius 1 is 0.960 bits per heavy atom. The number of amides is 2. The van der Waals surface area contributed by atoms with Crippen molar-refractivity contribution in [3.63, 3.8) is 0 Å². The molecular formula is C20H20N2O3. The second-order valence-corrected chi connectivity index (χ2v) is 5.90. The highest BCUT2D eigenvalue weighted by atomic mass is 16.6. The predicted octanol–water partition coefficient (Wildman–Crippen LogP) is 3.18. The van der Waals surface area contributed by atoms with Crippen LogP contribution in [0.15, 0.2) is 73.1 Å². The Labute approximate surface area is 147 Å². The molecule has 1 aliphatic rings. The molecule has 2 amide bonds. The molecule has 1 atom stereocenters. The van der Waals surface area contributed by atoms with Crippen molar-refractivity contribution < 1.29 is 14.3 Å². The molecule has 128 valence electrons. The molecule has 2 aromatic rings. The highest BCUT2D eigenvalue weighted by molar-refractivity contribution is 5.88. The van der Waals surface area contributed by atoms with E-state index in [9.17, 15) is 9.59 Å². The lowest BCUT2D eigenvalue weighted by molar-refractivity contribution is -0.133. The van der Waals surface area contributed by atoms with Crippen molar-refractivity contribution in [1.82, 2.24) is 9.80 Å². The van der Waals surface area contributed by atoms with Crippen LogP contribution in [0.25, 0.3) is 0 Å². The third kappa shape index (κ3) is 4.07. The van der Waals surface area contributed by atoms with Crippen LogP contribution in [-0.2, 0) is 22.6 Å². The van der Waals surface area contributed by atoms with E-state index >= 15 is 0 Å². The van der Waals surface area contributed by atoms with E-state index in [1.165, 1.54) is 9.80 Å². The zero-order chi connectivity index (χ0) is 17.6. The van der Waals surface area contributed by atoms with Gasteiger partial charge in [-0.25, -0.2) is 4.79 Å². The molecule has 0 bridgehead atoms. The molecule has 1 heterocycles. The maximum absolute atomic E-state index is 12.5. The second kappa shape index (κ2) is 7.66. The summed E-state index contributed by atoms with van der Waals surface area (Å²) in [5.74, 6) is -0.136. The summed E-state index contributed by atoms with van der Waals surface area (Å²) in [5.41, 5.74) is 1.89. The quantitative estimate of drug-likeness (QED) is 0.862. The molecule has 25 heavy (non-hydrogen) atoms. The fraction of sp³-hybridized carbons (Fsp3) is 0.200. The number of carbonyl (C=O) groups excluding carboxylic acids is 2. The topological polar surface area (TPSA) is 49.9 Å². The Morgan fingerprint density at radius 3 is 2.20 bits per heavy atom. The minimum Gasteiger partial charge on any atom is -0.444 e. The molecule has 0 aliphatic carbocycles. The van der Waals surface area contributed by atoms with Crippen LogP contribution >= 0.6 is 0 Å². The Kier molecular flexibility index (Phi) is 5.14. The van der Waals surface area contributed by atoms with E-state index in [1.807, 2.05) is 60.7 Å². The lowest BCUT2D eigenvalue weighted by Gasteiger charge is -2.33. The second-order valence-electron chi connectivity index (χ2n) is 5.90. The van der Waals surface area contributed by atoms with Gasteiger partial charge in [0.2, 0.25) is 5.91 Å². The van der Waals surface area contributed by atoms with Crippen LogP contribution in [0.3, 0.4) is 0 Å². The first-order chi connectivity index (χ1) is 12.1. The van der Waals surface area contributed by atoms with Gasteiger partial charge in [0.05, 0.1) is 0 Å². The van der Waals surface area contributed by atoms with Crippen molar-refractivity contribution in [1.29, 1.82) is 0 Å². The Balaban J connectivity index is 1.73. The number of ether oxygens (including phenoxy) is 1. The summed E-state index contributed by atoms with van der Waals surface area (Å²) < 4.78 is 5.38. The van der Waals surface area contributed by atoms with Gasteiger partial charge >= 0.3 is 6.09 Å². The van der Waals surface area contributed by atoms with Gasteiger partial charge in [0.15, 0.2) is 0 Å². The van der Waals surface area contributed by atoms with Crippen LogP contribution in [-0.4, -0.2) is 34.9 Å². The third-order valence-corrected chi connectivity index (χ3v) is 4.11. The van der Waals surface area contributed by atoms with Gasteiger partial charge in [-0.05, 0) is 11.1 Å². The van der Waals surface area contributed by atoms with Gasteiger partial charge in [0.1, 0.15) is 12.6 Å². The van der Waals surface area contributed by atoms with Crippen LogP contribution in [0.5, 0.6) is 0 Å². The summed E-state index contributed by atoms with van der Waals surface area (Å²) in [6, 6.07) is 18.5. The lowest BCUT2D eigenvalue weighted by atomic mass is 10.0. The molecule has 0 radical (unpaired) electrons. The monoisotopic (exact) mass is 336 g/mol. The van der Waals surface area contributed by atoms with E-state index in [1.54, 1.807) is 19.4 Å². The van der Waals surface area contributed by atoms with E-state index in [4.69, 9.17) is 4.74 Å². The van der Waals surface area contributed by atoms with Gasteiger partial charge in [0.25, 0.3) is 0 Å². The van der Waals surface area contributed by atoms with E-state index in [-0.39, 0.29) is 12.5 Å². The van der Waals surface area contributed by atoms with Gasteiger partial charge in [-0.1, -0.05) is 60.7 Å². The van der Waals surface area contributed by atoms with Gasteiger partial charge in [-0.15, -0.1) is 0 Å². The van der Waals surface area contributed by atoms with Gasteiger partial charge in [-0.2, -0.15) is 0 Å². The van der Waals surface area contributed by atoms with Crippen molar-refractivity contribution in [2.24, 2.45) is 0 Å². The van der Waals surface area contributed by atoms with Crippen molar-refractivity contribution in [2.75, 3.05) is 7.05 Å². The molecule has 0 saturated carbocycles. The number of nitrogens with zero attached hydrogens (tertiary/aromatic N) is 2. The molecule has 3 rings (SSSR count). The number of benzene rings is 2. The smallest absolute Gasteiger partial charge is 0.414 e. The zero-order valence-electron chi connectivity index (χ0n) is 14.0. The molecule has 0 saturated heterocycles. The van der Waals surface area contributed by atoms with Crippen molar-refractivity contribution >= 4 is 12.0 Å². The normalized spacial score (nSPS) is 16.8. The standard InChI is InChI=1S/C20H20N2O3/c1-21-12-13-22(20(24)25-15-17-10-6-3-7-11-17)18(19(21)23)14-16-8-4-2-5-9-16/h2-13,18H,14-15H2,1H3/t18-/m0/s1. The molecule has 0 unspecified atom stereocenters. The first-order valence-corrected chi connectivity index (χ1v) is 8.13. The first kappa shape index (κ1) is 16.8. The van der Waals surface area contributed by atoms with Crippen molar-refractivity contribution in [3.8, 4) is 0 Å². The molecule has 0 spiro atoms. The van der Waals surface area contributed by atoms with Gasteiger partial charge in [-0.3, -0.25) is 9.69 Å². The van der Waals surface area contributed by atoms with Crippen LogP contribution < -0.4 is 0 Å². The van der Waals surface area contributed by atoms with Gasteiger partial charge in [0, 0.05) is 25.9 Å². The predicted molar refractivity (Wildman–Crippen MR) is 94.3 cm³/mol. The number of carbonyl (C=O) groups is 2. The Bertz CT molecular complexity index is 759. The summed E-state index contributed by atoms with van der Waals surface area (Å²) >= 11 is 0. The average molecular weight is 336 g/mol. The van der Waals surface area contributed by atoms with Crippen molar-refractivity contribution in [2.45, 2.75) is 19.1 Å². The molecule has 0 aromatic heterocycles. The Morgan fingerprint density at radius 2 is 1.56 bits per heavy atom. The number of hydrogen-bond donors (Lipinski definition) is 0. The highest BCUT2D eigenvalue weighted by Gasteiger charge is 2.34. The molecule has 2 aromatic carbocycles. The number of rotatable bonds is 4. The molecule has 0 N–H and O–H groups in total. The van der Waals surface area contributed by atoms with E-state index in [2.05, 4.69) is 0 Å². The maximum atomic E-state index is 12.5. The van der Waals surface area contributed by atoms with Gasteiger partial charge < -0.3 is 9.64 Å². The minimum absolute atomic E-state index is 0.136. The molecule has 0 fully saturated rings. The largest absolute Gasteiger partial charge is 0.444 e. The maximum Gasteiger partial charge on any atom is 0.414 e. The van der Waals surface area contributed by atoms with Crippen LogP contribution in [0, 0.1) is 0 Å². The molecule has 1 aliphatic heterocycles. The summed E-state index contributed by atoms with van der Waals surface area (Å²) in [4.78, 5) is 27.9. The fourth-order valence-corrected chi connectivity index (χ4v) is 2.71. The zero-order valence-corrected chi connectivity index (χ0v) is 14.0. The first-order valence-electron chi connectivity index (χ1n) is 8.13.